The molecule has 0 spiro atoms. The minimum Gasteiger partial charge on any atom is -0.392 e. The van der Waals surface area contributed by atoms with Crippen LogP contribution < -0.4 is 4.72 Å². The van der Waals surface area contributed by atoms with Crippen molar-refractivity contribution in [2.75, 3.05) is 11.3 Å². The van der Waals surface area contributed by atoms with Crippen molar-refractivity contribution in [1.82, 2.24) is 4.90 Å². The Hall–Kier alpha value is -4.31. The van der Waals surface area contributed by atoms with Crippen LogP contribution in [-0.4, -0.2) is 31.1 Å². The predicted molar refractivity (Wildman–Crippen MR) is 184 cm³/mol. The first-order valence-electron chi connectivity index (χ1n) is 15.9. The molecule has 2 N–H and O–H groups in total. The van der Waals surface area contributed by atoms with Crippen LogP contribution in [0, 0.1) is 5.92 Å². The summed E-state index contributed by atoms with van der Waals surface area (Å²) in [6, 6.07) is 44.2. The lowest BCUT2D eigenvalue weighted by molar-refractivity contribution is -0.276. The highest BCUT2D eigenvalue weighted by atomic mass is 32.2. The number of aliphatic hydroxyl groups is 1. The lowest BCUT2D eigenvalue weighted by atomic mass is 9.89. The first-order valence-corrected chi connectivity index (χ1v) is 17.3. The van der Waals surface area contributed by atoms with E-state index in [2.05, 4.69) is 65.1 Å². The highest BCUT2D eigenvalue weighted by Gasteiger charge is 2.39. The van der Waals surface area contributed by atoms with Crippen LogP contribution >= 0.6 is 0 Å². The molecule has 5 aromatic carbocycles. The van der Waals surface area contributed by atoms with Crippen LogP contribution in [0.25, 0.3) is 0 Å². The molecule has 242 valence electrons. The second kappa shape index (κ2) is 15.1. The quantitative estimate of drug-likeness (QED) is 0.146. The fourth-order valence-corrected chi connectivity index (χ4v) is 7.08. The van der Waals surface area contributed by atoms with Gasteiger partial charge in [-0.3, -0.25) is 9.62 Å². The van der Waals surface area contributed by atoms with Gasteiger partial charge in [0.15, 0.2) is 6.29 Å². The fraction of sp³-hybridized carbons (Fsp3) is 0.231. The second-order valence-corrected chi connectivity index (χ2v) is 13.7. The highest BCUT2D eigenvalue weighted by Crippen LogP contribution is 2.42. The van der Waals surface area contributed by atoms with E-state index in [-0.39, 0.29) is 29.6 Å². The highest BCUT2D eigenvalue weighted by molar-refractivity contribution is 7.92. The van der Waals surface area contributed by atoms with Gasteiger partial charge in [0, 0.05) is 36.8 Å². The normalized spacial score (nSPS) is 19.8. The smallest absolute Gasteiger partial charge is 0.261 e. The average molecular weight is 649 g/mol. The van der Waals surface area contributed by atoms with Gasteiger partial charge in [0.25, 0.3) is 10.0 Å². The maximum absolute atomic E-state index is 13.1. The molecular weight excluding hydrogens is 609 g/mol. The van der Waals surface area contributed by atoms with Crippen LogP contribution in [0.5, 0.6) is 0 Å². The summed E-state index contributed by atoms with van der Waals surface area (Å²) in [5.41, 5.74) is 5.39. The zero-order valence-electron chi connectivity index (χ0n) is 26.4. The third-order valence-corrected chi connectivity index (χ3v) is 9.92. The number of nitrogens with zero attached hydrogens (tertiary/aromatic N) is 1. The molecule has 1 aliphatic heterocycles. The van der Waals surface area contributed by atoms with Crippen LogP contribution in [0.3, 0.4) is 0 Å². The maximum Gasteiger partial charge on any atom is 0.261 e. The molecule has 8 heteroatoms. The van der Waals surface area contributed by atoms with Gasteiger partial charge in [0.05, 0.1) is 23.7 Å². The Kier molecular flexibility index (Phi) is 10.5. The molecule has 0 aromatic heterocycles. The Morgan fingerprint density at radius 2 is 1.28 bits per heavy atom. The number of anilines is 1. The van der Waals surface area contributed by atoms with Gasteiger partial charge in [0.1, 0.15) is 0 Å². The number of nitrogens with one attached hydrogen (secondary N) is 1. The lowest BCUT2D eigenvalue weighted by Crippen LogP contribution is -2.44. The molecule has 4 atom stereocenters. The van der Waals surface area contributed by atoms with E-state index < -0.39 is 16.3 Å². The van der Waals surface area contributed by atoms with Gasteiger partial charge < -0.3 is 14.6 Å². The number of sulfonamides is 1. The van der Waals surface area contributed by atoms with Gasteiger partial charge in [0.2, 0.25) is 0 Å². The molecular formula is C39H40N2O5S. The van der Waals surface area contributed by atoms with Crippen molar-refractivity contribution in [3.63, 3.8) is 0 Å². The molecule has 1 aliphatic rings. The van der Waals surface area contributed by atoms with Gasteiger partial charge in [-0.1, -0.05) is 122 Å². The second-order valence-electron chi connectivity index (χ2n) is 12.0. The summed E-state index contributed by atoms with van der Waals surface area (Å²) in [4.78, 5) is 2.60. The van der Waals surface area contributed by atoms with E-state index in [1.165, 1.54) is 11.1 Å². The molecule has 1 saturated heterocycles. The molecule has 1 heterocycles. The number of hydrogen-bond donors (Lipinski definition) is 2. The van der Waals surface area contributed by atoms with Gasteiger partial charge in [-0.05, 0) is 46.5 Å². The van der Waals surface area contributed by atoms with E-state index in [0.717, 1.165) is 24.2 Å². The first-order chi connectivity index (χ1) is 22.9. The van der Waals surface area contributed by atoms with Gasteiger partial charge in [-0.2, -0.15) is 0 Å². The molecule has 0 bridgehead atoms. The third kappa shape index (κ3) is 8.35. The Bertz CT molecular complexity index is 1780. The molecule has 4 unspecified atom stereocenters. The monoisotopic (exact) mass is 648 g/mol. The molecule has 7 nitrogen and oxygen atoms in total. The lowest BCUT2D eigenvalue weighted by Gasteiger charge is -2.43. The van der Waals surface area contributed by atoms with E-state index in [1.807, 2.05) is 42.5 Å². The Morgan fingerprint density at radius 3 is 1.87 bits per heavy atom. The van der Waals surface area contributed by atoms with E-state index in [0.29, 0.717) is 17.8 Å². The number of ether oxygens (including phenoxy) is 2. The van der Waals surface area contributed by atoms with Gasteiger partial charge >= 0.3 is 0 Å². The van der Waals surface area contributed by atoms with Gasteiger partial charge in [-0.15, -0.1) is 0 Å². The van der Waals surface area contributed by atoms with E-state index in [1.54, 1.807) is 48.5 Å². The fourth-order valence-electron chi connectivity index (χ4n) is 6.01. The van der Waals surface area contributed by atoms with Crippen LogP contribution in [0.15, 0.2) is 144 Å². The summed E-state index contributed by atoms with van der Waals surface area (Å²) < 4.78 is 42.4. The van der Waals surface area contributed by atoms with Crippen molar-refractivity contribution in [3.8, 4) is 0 Å². The predicted octanol–water partition coefficient (Wildman–Crippen LogP) is 7.47. The number of aliphatic hydroxyl groups excluding tert-OH is 1. The molecule has 6 rings (SSSR count). The Morgan fingerprint density at radius 1 is 0.681 bits per heavy atom. The van der Waals surface area contributed by atoms with Crippen LogP contribution in [0.1, 0.15) is 47.1 Å². The number of hydrogen-bond acceptors (Lipinski definition) is 6. The minimum absolute atomic E-state index is 0.0139. The molecule has 0 radical (unpaired) electrons. The van der Waals surface area contributed by atoms with Crippen molar-refractivity contribution < 1.29 is 23.0 Å². The zero-order valence-corrected chi connectivity index (χ0v) is 27.2. The van der Waals surface area contributed by atoms with Crippen molar-refractivity contribution in [3.05, 3.63) is 167 Å². The van der Waals surface area contributed by atoms with Crippen LogP contribution in [-0.2, 0) is 39.2 Å². The summed E-state index contributed by atoms with van der Waals surface area (Å²) in [6.45, 7) is 4.27. The Balaban J connectivity index is 1.30. The van der Waals surface area contributed by atoms with Crippen molar-refractivity contribution in [2.24, 2.45) is 5.92 Å². The Labute approximate surface area is 277 Å². The largest absolute Gasteiger partial charge is 0.392 e. The summed E-state index contributed by atoms with van der Waals surface area (Å²) in [5, 5.41) is 9.64. The number of benzene rings is 5. The third-order valence-electron chi connectivity index (χ3n) is 8.52. The van der Waals surface area contributed by atoms with Crippen molar-refractivity contribution in [2.45, 2.75) is 50.0 Å². The molecule has 0 amide bonds. The zero-order chi connectivity index (χ0) is 32.6. The summed E-state index contributed by atoms with van der Waals surface area (Å²) >= 11 is 0. The summed E-state index contributed by atoms with van der Waals surface area (Å²) in [6.07, 6.45) is -1.25. The number of rotatable bonds is 12. The van der Waals surface area contributed by atoms with Gasteiger partial charge in [-0.25, -0.2) is 8.42 Å². The molecule has 1 fully saturated rings. The maximum atomic E-state index is 13.1. The standard InChI is InChI=1S/C39H40N2O5S/c1-29-37(27-41(25-30-12-5-2-6-13-30)26-31-14-7-3-8-15-31)45-39(46-38(29)33-22-20-32(28-42)21-23-33)34-16-11-17-35(24-34)40-47(43,44)36-18-9-4-10-19-36/h2-24,29,37-40,42H,25-28H2,1H3. The molecule has 0 aliphatic carbocycles. The summed E-state index contributed by atoms with van der Waals surface area (Å²) in [5.74, 6) is -0.0139. The molecule has 47 heavy (non-hydrogen) atoms. The van der Waals surface area contributed by atoms with E-state index in [9.17, 15) is 13.5 Å². The SMILES string of the molecule is CC1C(CN(Cc2ccccc2)Cc2ccccc2)OC(c2cccc(NS(=O)(=O)c3ccccc3)c2)OC1c1ccc(CO)cc1. The van der Waals surface area contributed by atoms with Crippen molar-refractivity contribution >= 4 is 15.7 Å². The minimum atomic E-state index is -3.77. The van der Waals surface area contributed by atoms with E-state index >= 15 is 0 Å². The summed E-state index contributed by atoms with van der Waals surface area (Å²) in [7, 11) is -3.77. The van der Waals surface area contributed by atoms with Crippen LogP contribution in [0.2, 0.25) is 0 Å². The first kappa shape index (κ1) is 32.6. The molecule has 5 aromatic rings. The van der Waals surface area contributed by atoms with Crippen molar-refractivity contribution in [1.29, 1.82) is 0 Å². The van der Waals surface area contributed by atoms with E-state index in [4.69, 9.17) is 9.47 Å². The molecule has 0 saturated carbocycles. The van der Waals surface area contributed by atoms with Crippen LogP contribution in [0.4, 0.5) is 5.69 Å². The average Bonchev–Trinajstić information content (AvgIpc) is 3.10. The topological polar surface area (TPSA) is 88.1 Å².